The van der Waals surface area contributed by atoms with Crippen LogP contribution in [0.15, 0.2) is 0 Å². The van der Waals surface area contributed by atoms with Crippen LogP contribution >= 0.6 is 0 Å². The molecule has 0 aromatic rings. The van der Waals surface area contributed by atoms with E-state index in [9.17, 15) is 0 Å². The van der Waals surface area contributed by atoms with Gasteiger partial charge < -0.3 is 10.2 Å². The Bertz CT molecular complexity index is 205. The first-order valence-electron chi connectivity index (χ1n) is 8.10. The Morgan fingerprint density at radius 1 is 1.06 bits per heavy atom. The van der Waals surface area contributed by atoms with Crippen molar-refractivity contribution in [3.63, 3.8) is 0 Å². The van der Waals surface area contributed by atoms with E-state index < -0.39 is 0 Å². The Labute approximate surface area is 115 Å². The number of nitrogens with zero attached hydrogens (tertiary/aromatic N) is 1. The van der Waals surface area contributed by atoms with Gasteiger partial charge in [0.05, 0.1) is 0 Å². The molecule has 0 aromatic heterocycles. The van der Waals surface area contributed by atoms with Crippen LogP contribution in [-0.2, 0) is 0 Å². The van der Waals surface area contributed by atoms with Gasteiger partial charge >= 0.3 is 0 Å². The monoisotopic (exact) mass is 254 g/mol. The van der Waals surface area contributed by atoms with Gasteiger partial charge in [-0.25, -0.2) is 0 Å². The summed E-state index contributed by atoms with van der Waals surface area (Å²) < 4.78 is 0. The molecule has 0 amide bonds. The minimum atomic E-state index is 0.666. The summed E-state index contributed by atoms with van der Waals surface area (Å²) in [6.45, 7) is 15.5. The van der Waals surface area contributed by atoms with E-state index in [1.807, 2.05) is 0 Å². The van der Waals surface area contributed by atoms with Crippen LogP contribution in [0, 0.1) is 11.8 Å². The van der Waals surface area contributed by atoms with Crippen molar-refractivity contribution in [2.45, 2.75) is 72.4 Å². The Kier molecular flexibility index (Phi) is 7.25. The third-order valence-corrected chi connectivity index (χ3v) is 5.07. The molecule has 1 aliphatic rings. The second-order valence-electron chi connectivity index (χ2n) is 6.09. The maximum Gasteiger partial charge on any atom is 0.00705 e. The first-order chi connectivity index (χ1) is 8.62. The second kappa shape index (κ2) is 8.16. The largest absolute Gasteiger partial charge is 0.311 e. The summed E-state index contributed by atoms with van der Waals surface area (Å²) in [5.41, 5.74) is 0. The van der Waals surface area contributed by atoms with Crippen molar-refractivity contribution in [1.29, 1.82) is 0 Å². The van der Waals surface area contributed by atoms with E-state index in [0.717, 1.165) is 11.8 Å². The van der Waals surface area contributed by atoms with Gasteiger partial charge in [-0.2, -0.15) is 0 Å². The first kappa shape index (κ1) is 16.0. The van der Waals surface area contributed by atoms with Crippen LogP contribution in [0.5, 0.6) is 0 Å². The lowest BCUT2D eigenvalue weighted by Crippen LogP contribution is -2.46. The van der Waals surface area contributed by atoms with E-state index in [1.54, 1.807) is 0 Å². The maximum absolute atomic E-state index is 3.87. The van der Waals surface area contributed by atoms with E-state index >= 15 is 0 Å². The highest BCUT2D eigenvalue weighted by Crippen LogP contribution is 2.22. The summed E-state index contributed by atoms with van der Waals surface area (Å²) in [7, 11) is 0. The smallest absolute Gasteiger partial charge is 0.00705 e. The van der Waals surface area contributed by atoms with Gasteiger partial charge in [-0.1, -0.05) is 33.6 Å². The highest BCUT2D eigenvalue weighted by molar-refractivity contribution is 4.82. The van der Waals surface area contributed by atoms with Crippen molar-refractivity contribution in [1.82, 2.24) is 10.2 Å². The molecule has 1 saturated heterocycles. The Hall–Kier alpha value is -0.0800. The Morgan fingerprint density at radius 2 is 1.61 bits per heavy atom. The fourth-order valence-electron chi connectivity index (χ4n) is 3.45. The molecule has 0 radical (unpaired) electrons. The fourth-order valence-corrected chi connectivity index (χ4v) is 3.45. The lowest BCUT2D eigenvalue weighted by Gasteiger charge is -2.36. The fraction of sp³-hybridized carbons (Fsp3) is 1.00. The van der Waals surface area contributed by atoms with E-state index in [0.29, 0.717) is 12.1 Å². The van der Waals surface area contributed by atoms with Crippen molar-refractivity contribution in [3.8, 4) is 0 Å². The van der Waals surface area contributed by atoms with Gasteiger partial charge in [0.1, 0.15) is 0 Å². The van der Waals surface area contributed by atoms with Crippen molar-refractivity contribution >= 4 is 0 Å². The van der Waals surface area contributed by atoms with Crippen molar-refractivity contribution in [2.75, 3.05) is 19.6 Å². The van der Waals surface area contributed by atoms with Crippen LogP contribution in [0.1, 0.15) is 60.3 Å². The maximum atomic E-state index is 3.87. The summed E-state index contributed by atoms with van der Waals surface area (Å²) in [5.74, 6) is 1.72. The molecule has 2 nitrogen and oxygen atoms in total. The Morgan fingerprint density at radius 3 is 2.06 bits per heavy atom. The van der Waals surface area contributed by atoms with Gasteiger partial charge in [0, 0.05) is 12.1 Å². The van der Waals surface area contributed by atoms with Crippen molar-refractivity contribution in [3.05, 3.63) is 0 Å². The second-order valence-corrected chi connectivity index (χ2v) is 6.09. The molecule has 1 heterocycles. The predicted octanol–water partition coefficient (Wildman–Crippen LogP) is 3.52. The van der Waals surface area contributed by atoms with Crippen LogP contribution in [0.4, 0.5) is 0 Å². The molecule has 1 rings (SSSR count). The molecule has 2 unspecified atom stereocenters. The van der Waals surface area contributed by atoms with Crippen LogP contribution in [0.2, 0.25) is 0 Å². The van der Waals surface area contributed by atoms with E-state index in [1.165, 1.54) is 45.3 Å². The average molecular weight is 254 g/mol. The quantitative estimate of drug-likeness (QED) is 0.748. The molecule has 0 spiro atoms. The highest BCUT2D eigenvalue weighted by Gasteiger charge is 2.25. The molecule has 2 heteroatoms. The standard InChI is InChI=1S/C16H34N2/c1-6-15(7-2)13(4)17-14(5)16-9-11-18(8-3)12-10-16/h13-17H,6-12H2,1-5H3. The summed E-state index contributed by atoms with van der Waals surface area (Å²) in [5, 5.41) is 3.87. The number of piperidine rings is 1. The molecule has 1 aliphatic heterocycles. The Balaban J connectivity index is 2.34. The summed E-state index contributed by atoms with van der Waals surface area (Å²) in [6.07, 6.45) is 5.34. The summed E-state index contributed by atoms with van der Waals surface area (Å²) in [6, 6.07) is 1.35. The number of likely N-dealkylation sites (tertiary alicyclic amines) is 1. The van der Waals surface area contributed by atoms with Crippen molar-refractivity contribution < 1.29 is 0 Å². The molecule has 2 atom stereocenters. The molecule has 108 valence electrons. The topological polar surface area (TPSA) is 15.3 Å². The summed E-state index contributed by atoms with van der Waals surface area (Å²) >= 11 is 0. The zero-order valence-corrected chi connectivity index (χ0v) is 13.2. The van der Waals surface area contributed by atoms with Crippen LogP contribution < -0.4 is 5.32 Å². The zero-order valence-electron chi connectivity index (χ0n) is 13.2. The molecule has 0 aromatic carbocycles. The third-order valence-electron chi connectivity index (χ3n) is 5.07. The van der Waals surface area contributed by atoms with Gasteiger partial charge in [0.25, 0.3) is 0 Å². The highest BCUT2D eigenvalue weighted by atomic mass is 15.1. The molecule has 1 fully saturated rings. The molecular weight excluding hydrogens is 220 g/mol. The lowest BCUT2D eigenvalue weighted by molar-refractivity contribution is 0.159. The van der Waals surface area contributed by atoms with Gasteiger partial charge in [0.2, 0.25) is 0 Å². The molecule has 18 heavy (non-hydrogen) atoms. The molecule has 1 N–H and O–H groups in total. The van der Waals surface area contributed by atoms with Crippen molar-refractivity contribution in [2.24, 2.45) is 11.8 Å². The number of nitrogens with one attached hydrogen (secondary N) is 1. The van der Waals surface area contributed by atoms with Gasteiger partial charge in [0.15, 0.2) is 0 Å². The number of hydrogen-bond donors (Lipinski definition) is 1. The van der Waals surface area contributed by atoms with E-state index in [-0.39, 0.29) is 0 Å². The zero-order chi connectivity index (χ0) is 13.5. The normalized spacial score (nSPS) is 22.3. The van der Waals surface area contributed by atoms with Crippen LogP contribution in [0.3, 0.4) is 0 Å². The van der Waals surface area contributed by atoms with Gasteiger partial charge in [-0.05, 0) is 58.2 Å². The molecular formula is C16H34N2. The first-order valence-corrected chi connectivity index (χ1v) is 8.10. The number of rotatable bonds is 7. The van der Waals surface area contributed by atoms with Crippen LogP contribution in [0.25, 0.3) is 0 Å². The predicted molar refractivity (Wildman–Crippen MR) is 81.0 cm³/mol. The minimum Gasteiger partial charge on any atom is -0.311 e. The van der Waals surface area contributed by atoms with E-state index in [2.05, 4.69) is 44.8 Å². The summed E-state index contributed by atoms with van der Waals surface area (Å²) in [4.78, 5) is 2.58. The molecule has 0 saturated carbocycles. The minimum absolute atomic E-state index is 0.666. The lowest BCUT2D eigenvalue weighted by atomic mass is 9.88. The van der Waals surface area contributed by atoms with Gasteiger partial charge in [-0.3, -0.25) is 0 Å². The molecule has 0 aliphatic carbocycles. The number of hydrogen-bond acceptors (Lipinski definition) is 2. The van der Waals surface area contributed by atoms with Crippen LogP contribution in [-0.4, -0.2) is 36.6 Å². The van der Waals surface area contributed by atoms with Gasteiger partial charge in [-0.15, -0.1) is 0 Å². The van der Waals surface area contributed by atoms with E-state index in [4.69, 9.17) is 0 Å². The third kappa shape index (κ3) is 4.55. The average Bonchev–Trinajstić information content (AvgIpc) is 2.40. The molecule has 0 bridgehead atoms. The SMILES string of the molecule is CCC(CC)C(C)NC(C)C1CCN(CC)CC1.